The predicted molar refractivity (Wildman–Crippen MR) is 143 cm³/mol. The average molecular weight is 484 g/mol. The highest BCUT2D eigenvalue weighted by atomic mass is 35.5. The highest BCUT2D eigenvalue weighted by molar-refractivity contribution is 6.06. The van der Waals surface area contributed by atoms with Crippen molar-refractivity contribution < 1.29 is 9.53 Å². The molecule has 176 valence electrons. The maximum atomic E-state index is 12.5. The average Bonchev–Trinajstić information content (AvgIpc) is 2.87. The summed E-state index contributed by atoms with van der Waals surface area (Å²) in [5.74, 6) is 0. The largest absolute Gasteiger partial charge is 0.444 e. The van der Waals surface area contributed by atoms with Crippen LogP contribution in [0.3, 0.4) is 0 Å². The maximum absolute atomic E-state index is 12.5. The molecule has 1 amide bonds. The highest BCUT2D eigenvalue weighted by Crippen LogP contribution is 2.39. The van der Waals surface area contributed by atoms with E-state index in [2.05, 4.69) is 28.9 Å². The molecule has 1 heterocycles. The van der Waals surface area contributed by atoms with Gasteiger partial charge in [0.1, 0.15) is 6.61 Å². The second-order valence-corrected chi connectivity index (χ2v) is 8.14. The normalized spacial score (nSPS) is 10.7. The third-order valence-corrected chi connectivity index (χ3v) is 5.95. The number of fused-ring (bicyclic) bond motifs is 3. The summed E-state index contributed by atoms with van der Waals surface area (Å²) in [6, 6.07) is 31.5. The lowest BCUT2D eigenvalue weighted by Crippen LogP contribution is -2.14. The Morgan fingerprint density at radius 2 is 1.60 bits per heavy atom. The number of halogens is 1. The molecule has 0 saturated carbocycles. The molecule has 2 aliphatic rings. The first-order valence-corrected chi connectivity index (χ1v) is 11.3. The van der Waals surface area contributed by atoms with Gasteiger partial charge in [0, 0.05) is 23.2 Å². The molecule has 5 nitrogen and oxygen atoms in total. The third-order valence-electron chi connectivity index (χ3n) is 5.95. The number of pyridine rings is 1. The van der Waals surface area contributed by atoms with Crippen LogP contribution < -0.4 is 10.7 Å². The summed E-state index contributed by atoms with van der Waals surface area (Å²) < 4.78 is 7.65. The van der Waals surface area contributed by atoms with Crippen molar-refractivity contribution in [1.82, 2.24) is 4.57 Å². The van der Waals surface area contributed by atoms with Gasteiger partial charge in [0.05, 0.1) is 16.7 Å². The van der Waals surface area contributed by atoms with Crippen molar-refractivity contribution in [2.75, 3.05) is 5.32 Å². The van der Waals surface area contributed by atoms with Crippen LogP contribution in [-0.2, 0) is 17.9 Å². The van der Waals surface area contributed by atoms with Gasteiger partial charge in [0.2, 0.25) is 0 Å². The molecule has 0 bridgehead atoms. The van der Waals surface area contributed by atoms with Crippen LogP contribution in [0.2, 0.25) is 0 Å². The Hall–Kier alpha value is -4.09. The van der Waals surface area contributed by atoms with E-state index in [1.165, 1.54) is 0 Å². The van der Waals surface area contributed by atoms with Crippen molar-refractivity contribution >= 4 is 35.0 Å². The minimum Gasteiger partial charge on any atom is -0.444 e. The molecule has 0 atom stereocenters. The van der Waals surface area contributed by atoms with Crippen molar-refractivity contribution in [2.45, 2.75) is 20.1 Å². The monoisotopic (exact) mass is 483 g/mol. The molecule has 35 heavy (non-hydrogen) atoms. The SMILES string of the molecule is CCn1c2cc(=N)ccc-2c2ccc(NC(=O)OCc3ccccc3)cc2c1-c1ccccc1.Cl. The van der Waals surface area contributed by atoms with E-state index in [4.69, 9.17) is 10.1 Å². The van der Waals surface area contributed by atoms with Crippen LogP contribution in [0, 0.1) is 5.41 Å². The highest BCUT2D eigenvalue weighted by Gasteiger charge is 2.18. The molecule has 3 aromatic rings. The number of anilines is 1. The van der Waals surface area contributed by atoms with E-state index in [1.807, 2.05) is 84.9 Å². The topological polar surface area (TPSA) is 67.1 Å². The Bertz CT molecular complexity index is 1500. The fourth-order valence-electron chi connectivity index (χ4n) is 4.41. The molecule has 2 N–H and O–H groups in total. The van der Waals surface area contributed by atoms with Gasteiger partial charge < -0.3 is 14.7 Å². The zero-order chi connectivity index (χ0) is 23.5. The summed E-state index contributed by atoms with van der Waals surface area (Å²) in [7, 11) is 0. The van der Waals surface area contributed by atoms with Gasteiger partial charge in [-0.3, -0.25) is 5.32 Å². The van der Waals surface area contributed by atoms with E-state index in [9.17, 15) is 4.79 Å². The number of nitrogens with one attached hydrogen (secondary N) is 2. The Morgan fingerprint density at radius 3 is 2.31 bits per heavy atom. The number of hydrogen-bond acceptors (Lipinski definition) is 3. The molecule has 0 spiro atoms. The summed E-state index contributed by atoms with van der Waals surface area (Å²) in [5, 5.41) is 13.6. The van der Waals surface area contributed by atoms with Crippen molar-refractivity contribution in [3.8, 4) is 22.5 Å². The number of ether oxygens (including phenoxy) is 1. The Balaban J connectivity index is 0.00000289. The van der Waals surface area contributed by atoms with Crippen LogP contribution in [0.25, 0.3) is 33.3 Å². The number of carbonyl (C=O) groups is 1. The van der Waals surface area contributed by atoms with Gasteiger partial charge in [0.15, 0.2) is 0 Å². The summed E-state index contributed by atoms with van der Waals surface area (Å²) >= 11 is 0. The molecular weight excluding hydrogens is 458 g/mol. The Labute approximate surface area is 210 Å². The molecule has 0 fully saturated rings. The first-order valence-electron chi connectivity index (χ1n) is 11.3. The third kappa shape index (κ3) is 4.91. The van der Waals surface area contributed by atoms with Gasteiger partial charge in [-0.25, -0.2) is 4.79 Å². The van der Waals surface area contributed by atoms with Gasteiger partial charge in [-0.05, 0) is 47.7 Å². The van der Waals surface area contributed by atoms with Gasteiger partial charge in [0.25, 0.3) is 0 Å². The van der Waals surface area contributed by atoms with Crippen LogP contribution in [0.4, 0.5) is 10.5 Å². The molecular formula is C29H26ClN3O2. The molecule has 1 aliphatic carbocycles. The van der Waals surface area contributed by atoms with E-state index >= 15 is 0 Å². The quantitative estimate of drug-likeness (QED) is 0.262. The fourth-order valence-corrected chi connectivity index (χ4v) is 4.41. The number of benzene rings is 4. The predicted octanol–water partition coefficient (Wildman–Crippen LogP) is 7.08. The zero-order valence-electron chi connectivity index (χ0n) is 19.3. The molecule has 0 saturated heterocycles. The first-order chi connectivity index (χ1) is 16.6. The fraction of sp³-hybridized carbons (Fsp3) is 0.103. The lowest BCUT2D eigenvalue weighted by molar-refractivity contribution is 0.155. The standard InChI is InChI=1S/C29H25N3O2.ClH/c1-2-32-27-17-22(30)13-15-25(27)24-16-14-23(18-26(24)28(32)21-11-7-4-8-12-21)31-29(33)34-19-20-9-5-3-6-10-20;/h3-18,30H,2,19H2,1H3,(H,31,33);1H. The minimum absolute atomic E-state index is 0. The molecule has 5 rings (SSSR count). The lowest BCUT2D eigenvalue weighted by Gasteiger charge is -2.24. The summed E-state index contributed by atoms with van der Waals surface area (Å²) in [6.07, 6.45) is -0.493. The summed E-state index contributed by atoms with van der Waals surface area (Å²) in [4.78, 5) is 12.5. The molecule has 0 unspecified atom stereocenters. The second-order valence-electron chi connectivity index (χ2n) is 8.14. The van der Waals surface area contributed by atoms with Gasteiger partial charge in [-0.2, -0.15) is 0 Å². The molecule has 3 aromatic carbocycles. The van der Waals surface area contributed by atoms with Gasteiger partial charge in [-0.1, -0.05) is 72.8 Å². The van der Waals surface area contributed by atoms with Crippen molar-refractivity contribution in [3.63, 3.8) is 0 Å². The smallest absolute Gasteiger partial charge is 0.411 e. The van der Waals surface area contributed by atoms with E-state index in [1.54, 1.807) is 0 Å². The minimum atomic E-state index is -0.493. The van der Waals surface area contributed by atoms with E-state index < -0.39 is 6.09 Å². The number of aromatic nitrogens is 1. The van der Waals surface area contributed by atoms with E-state index in [-0.39, 0.29) is 19.0 Å². The second kappa shape index (κ2) is 10.5. The molecule has 6 heteroatoms. The van der Waals surface area contributed by atoms with Crippen LogP contribution in [0.15, 0.2) is 97.1 Å². The zero-order valence-corrected chi connectivity index (χ0v) is 20.1. The first kappa shape index (κ1) is 24.0. The van der Waals surface area contributed by atoms with Crippen molar-refractivity contribution in [1.29, 1.82) is 5.41 Å². The summed E-state index contributed by atoms with van der Waals surface area (Å²) in [5.41, 5.74) is 5.83. The molecule has 0 aromatic heterocycles. The van der Waals surface area contributed by atoms with Gasteiger partial charge >= 0.3 is 6.09 Å². The Morgan fingerprint density at radius 1 is 0.886 bits per heavy atom. The van der Waals surface area contributed by atoms with Gasteiger partial charge in [-0.15, -0.1) is 12.4 Å². The van der Waals surface area contributed by atoms with E-state index in [0.29, 0.717) is 11.0 Å². The Kier molecular flexibility index (Phi) is 7.18. The number of rotatable bonds is 5. The summed E-state index contributed by atoms with van der Waals surface area (Å²) in [6.45, 7) is 3.07. The number of carbonyl (C=O) groups excluding carboxylic acids is 1. The van der Waals surface area contributed by atoms with E-state index in [0.717, 1.165) is 45.4 Å². The molecule has 1 aliphatic heterocycles. The maximum Gasteiger partial charge on any atom is 0.411 e. The van der Waals surface area contributed by atoms with Crippen molar-refractivity contribution in [2.24, 2.45) is 0 Å². The number of amides is 1. The van der Waals surface area contributed by atoms with Crippen molar-refractivity contribution in [3.05, 3.63) is 108 Å². The molecule has 0 radical (unpaired) electrons. The lowest BCUT2D eigenvalue weighted by atomic mass is 9.95. The van der Waals surface area contributed by atoms with Crippen LogP contribution >= 0.6 is 12.4 Å². The van der Waals surface area contributed by atoms with Crippen LogP contribution in [0.5, 0.6) is 0 Å². The van der Waals surface area contributed by atoms with Crippen LogP contribution in [0.1, 0.15) is 12.5 Å². The number of nitrogens with zero attached hydrogens (tertiary/aromatic N) is 1. The number of hydrogen-bond donors (Lipinski definition) is 2. The van der Waals surface area contributed by atoms with Crippen LogP contribution in [-0.4, -0.2) is 10.7 Å².